The zero-order valence-corrected chi connectivity index (χ0v) is 12.4. The molecule has 0 bridgehead atoms. The molecule has 1 aliphatic heterocycles. The van der Waals surface area contributed by atoms with Gasteiger partial charge in [0, 0.05) is 22.5 Å². The minimum atomic E-state index is 0.327. The van der Waals surface area contributed by atoms with Gasteiger partial charge in [0.05, 0.1) is 11.1 Å². The Morgan fingerprint density at radius 1 is 1.53 bits per heavy atom. The van der Waals surface area contributed by atoms with E-state index in [0.29, 0.717) is 12.0 Å². The fraction of sp³-hybridized carbons (Fsp3) is 0.538. The van der Waals surface area contributed by atoms with Crippen molar-refractivity contribution in [3.05, 3.63) is 27.2 Å². The molecule has 94 valence electrons. The van der Waals surface area contributed by atoms with Crippen LogP contribution in [0, 0.1) is 5.92 Å². The van der Waals surface area contributed by atoms with E-state index < -0.39 is 0 Å². The first-order chi connectivity index (χ1) is 8.13. The fourth-order valence-electron chi connectivity index (χ4n) is 2.19. The van der Waals surface area contributed by atoms with E-state index in [1.54, 1.807) is 0 Å². The molecule has 4 heteroatoms. The summed E-state index contributed by atoms with van der Waals surface area (Å²) in [6.45, 7) is 6.13. The van der Waals surface area contributed by atoms with Gasteiger partial charge in [0.2, 0.25) is 0 Å². The predicted molar refractivity (Wildman–Crippen MR) is 74.8 cm³/mol. The molecule has 0 saturated carbocycles. The Bertz CT molecular complexity index is 411. The summed E-state index contributed by atoms with van der Waals surface area (Å²) < 4.78 is 6.73. The second-order valence-corrected chi connectivity index (χ2v) is 5.82. The highest BCUT2D eigenvalue weighted by Gasteiger charge is 2.29. The van der Waals surface area contributed by atoms with Crippen LogP contribution in [0.25, 0.3) is 0 Å². The van der Waals surface area contributed by atoms with Crippen LogP contribution in [0.1, 0.15) is 31.9 Å². The molecule has 0 saturated heterocycles. The van der Waals surface area contributed by atoms with E-state index in [0.717, 1.165) is 40.4 Å². The summed E-state index contributed by atoms with van der Waals surface area (Å²) in [5.41, 5.74) is 1.16. The van der Waals surface area contributed by atoms with Crippen molar-refractivity contribution in [3.63, 3.8) is 0 Å². The Labute approximate surface area is 116 Å². The molecule has 1 aromatic rings. The molecule has 0 radical (unpaired) electrons. The van der Waals surface area contributed by atoms with Crippen LogP contribution >= 0.6 is 27.5 Å². The minimum absolute atomic E-state index is 0.327. The molecule has 0 aliphatic carbocycles. The average Bonchev–Trinajstić information content (AvgIpc) is 2.27. The number of rotatable bonds is 3. The molecule has 1 aromatic carbocycles. The molecule has 2 atom stereocenters. The standard InChI is InChI=1S/C13H17BrClNO/c1-3-4-16-12-8(2)7-17-13-10(12)5-9(15)6-11(13)14/h5-6,8,12,16H,3-4,7H2,1-2H3. The van der Waals surface area contributed by atoms with E-state index in [4.69, 9.17) is 16.3 Å². The first kappa shape index (κ1) is 13.2. The van der Waals surface area contributed by atoms with Crippen LogP contribution in [0.4, 0.5) is 0 Å². The predicted octanol–water partition coefficient (Wildman–Crippen LogP) is 4.17. The lowest BCUT2D eigenvalue weighted by Crippen LogP contribution is -2.34. The Hall–Kier alpha value is -0.250. The summed E-state index contributed by atoms with van der Waals surface area (Å²) in [4.78, 5) is 0. The topological polar surface area (TPSA) is 21.3 Å². The SMILES string of the molecule is CCCNC1c2cc(Cl)cc(Br)c2OCC1C. The lowest BCUT2D eigenvalue weighted by Gasteiger charge is -2.33. The quantitative estimate of drug-likeness (QED) is 0.903. The largest absolute Gasteiger partial charge is 0.492 e. The molecule has 0 fully saturated rings. The number of nitrogens with one attached hydrogen (secondary N) is 1. The first-order valence-corrected chi connectivity index (χ1v) is 7.15. The molecule has 17 heavy (non-hydrogen) atoms. The van der Waals surface area contributed by atoms with Crippen molar-refractivity contribution in [2.45, 2.75) is 26.3 Å². The Kier molecular flexibility index (Phi) is 4.34. The van der Waals surface area contributed by atoms with Crippen LogP contribution in [0.2, 0.25) is 5.02 Å². The summed E-state index contributed by atoms with van der Waals surface area (Å²) in [5.74, 6) is 1.39. The van der Waals surface area contributed by atoms with Gasteiger partial charge in [-0.3, -0.25) is 0 Å². The maximum Gasteiger partial charge on any atom is 0.138 e. The van der Waals surface area contributed by atoms with Crippen LogP contribution in [-0.4, -0.2) is 13.2 Å². The molecule has 1 aliphatic rings. The zero-order valence-electron chi connectivity index (χ0n) is 10.1. The monoisotopic (exact) mass is 317 g/mol. The molecule has 0 aromatic heterocycles. The third-order valence-electron chi connectivity index (χ3n) is 3.05. The smallest absolute Gasteiger partial charge is 0.138 e. The zero-order chi connectivity index (χ0) is 12.4. The number of ether oxygens (including phenoxy) is 1. The summed E-state index contributed by atoms with van der Waals surface area (Å²) in [5, 5.41) is 4.32. The highest BCUT2D eigenvalue weighted by atomic mass is 79.9. The van der Waals surface area contributed by atoms with E-state index >= 15 is 0 Å². The van der Waals surface area contributed by atoms with Crippen molar-refractivity contribution >= 4 is 27.5 Å². The van der Waals surface area contributed by atoms with E-state index in [9.17, 15) is 0 Å². The van der Waals surface area contributed by atoms with Crippen LogP contribution in [0.15, 0.2) is 16.6 Å². The first-order valence-electron chi connectivity index (χ1n) is 5.98. The number of benzene rings is 1. The van der Waals surface area contributed by atoms with Gasteiger partial charge in [-0.2, -0.15) is 0 Å². The maximum absolute atomic E-state index is 6.12. The molecular formula is C13H17BrClNO. The molecule has 0 amide bonds. The molecule has 2 unspecified atom stereocenters. The lowest BCUT2D eigenvalue weighted by atomic mass is 9.92. The highest BCUT2D eigenvalue weighted by Crippen LogP contribution is 2.41. The molecule has 1 heterocycles. The summed E-state index contributed by atoms with van der Waals surface area (Å²) in [6, 6.07) is 4.21. The number of fused-ring (bicyclic) bond motifs is 1. The van der Waals surface area contributed by atoms with Crippen molar-refractivity contribution in [2.75, 3.05) is 13.2 Å². The van der Waals surface area contributed by atoms with Crippen LogP contribution in [-0.2, 0) is 0 Å². The summed E-state index contributed by atoms with van der Waals surface area (Å²) >= 11 is 9.63. The second kappa shape index (κ2) is 5.59. The van der Waals surface area contributed by atoms with E-state index in [2.05, 4.69) is 35.1 Å². The third kappa shape index (κ3) is 2.78. The van der Waals surface area contributed by atoms with Crippen LogP contribution in [0.5, 0.6) is 5.75 Å². The summed E-state index contributed by atoms with van der Waals surface area (Å²) in [6.07, 6.45) is 1.13. The van der Waals surface area contributed by atoms with Gasteiger partial charge < -0.3 is 10.1 Å². The van der Waals surface area contributed by atoms with Gasteiger partial charge in [0.15, 0.2) is 0 Å². The number of hydrogen-bond donors (Lipinski definition) is 1. The second-order valence-electron chi connectivity index (χ2n) is 4.53. The molecule has 2 rings (SSSR count). The van der Waals surface area contributed by atoms with Gasteiger partial charge in [0.25, 0.3) is 0 Å². The summed E-state index contributed by atoms with van der Waals surface area (Å²) in [7, 11) is 0. The van der Waals surface area contributed by atoms with Crippen molar-refractivity contribution in [1.82, 2.24) is 5.32 Å². The fourth-order valence-corrected chi connectivity index (χ4v) is 3.14. The van der Waals surface area contributed by atoms with Crippen LogP contribution in [0.3, 0.4) is 0 Å². The Morgan fingerprint density at radius 3 is 3.00 bits per heavy atom. The average molecular weight is 319 g/mol. The van der Waals surface area contributed by atoms with E-state index in [1.807, 2.05) is 12.1 Å². The molecule has 1 N–H and O–H groups in total. The third-order valence-corrected chi connectivity index (χ3v) is 3.85. The van der Waals surface area contributed by atoms with Gasteiger partial charge >= 0.3 is 0 Å². The Morgan fingerprint density at radius 2 is 2.29 bits per heavy atom. The van der Waals surface area contributed by atoms with Crippen molar-refractivity contribution in [1.29, 1.82) is 0 Å². The molecule has 0 spiro atoms. The van der Waals surface area contributed by atoms with Gasteiger partial charge in [0.1, 0.15) is 5.75 Å². The van der Waals surface area contributed by atoms with E-state index in [-0.39, 0.29) is 0 Å². The van der Waals surface area contributed by atoms with Crippen LogP contribution < -0.4 is 10.1 Å². The molecular weight excluding hydrogens is 302 g/mol. The van der Waals surface area contributed by atoms with Crippen molar-refractivity contribution < 1.29 is 4.74 Å². The Balaban J connectivity index is 2.36. The minimum Gasteiger partial charge on any atom is -0.492 e. The lowest BCUT2D eigenvalue weighted by molar-refractivity contribution is 0.187. The highest BCUT2D eigenvalue weighted by molar-refractivity contribution is 9.10. The number of hydrogen-bond acceptors (Lipinski definition) is 2. The van der Waals surface area contributed by atoms with Gasteiger partial charge in [-0.05, 0) is 41.0 Å². The van der Waals surface area contributed by atoms with Gasteiger partial charge in [-0.1, -0.05) is 25.4 Å². The number of halogens is 2. The maximum atomic E-state index is 6.12. The van der Waals surface area contributed by atoms with Crippen molar-refractivity contribution in [2.24, 2.45) is 5.92 Å². The van der Waals surface area contributed by atoms with Gasteiger partial charge in [-0.15, -0.1) is 0 Å². The normalized spacial score (nSPS) is 23.1. The molecule has 2 nitrogen and oxygen atoms in total. The van der Waals surface area contributed by atoms with E-state index in [1.165, 1.54) is 0 Å². The van der Waals surface area contributed by atoms with Gasteiger partial charge in [-0.25, -0.2) is 0 Å². The van der Waals surface area contributed by atoms with Crippen molar-refractivity contribution in [3.8, 4) is 5.75 Å².